The van der Waals surface area contributed by atoms with Crippen LogP contribution >= 0.6 is 11.6 Å². The van der Waals surface area contributed by atoms with Crippen LogP contribution in [0.15, 0.2) is 35.4 Å². The van der Waals surface area contributed by atoms with Gasteiger partial charge in [0.2, 0.25) is 0 Å². The van der Waals surface area contributed by atoms with Crippen LogP contribution in [-0.2, 0) is 6.61 Å². The number of aromatic nitrogens is 3. The van der Waals surface area contributed by atoms with Crippen molar-refractivity contribution in [1.29, 1.82) is 0 Å². The highest BCUT2D eigenvalue weighted by Crippen LogP contribution is 2.29. The molecule has 4 heterocycles. The van der Waals surface area contributed by atoms with E-state index in [2.05, 4.69) is 9.97 Å². The van der Waals surface area contributed by atoms with Crippen molar-refractivity contribution in [3.05, 3.63) is 74.6 Å². The number of carbonyl (C=O) groups excluding carboxylic acids is 1. The van der Waals surface area contributed by atoms with Crippen LogP contribution in [-0.4, -0.2) is 55.8 Å². The van der Waals surface area contributed by atoms with E-state index < -0.39 is 22.7 Å². The van der Waals surface area contributed by atoms with E-state index in [1.807, 2.05) is 0 Å². The normalized spacial score (nSPS) is 14.0. The van der Waals surface area contributed by atoms with Crippen molar-refractivity contribution in [2.75, 3.05) is 24.6 Å². The Morgan fingerprint density at radius 1 is 1.11 bits per heavy atom. The molecule has 4 rings (SSSR count). The fourth-order valence-electron chi connectivity index (χ4n) is 4.07. The second-order valence-electron chi connectivity index (χ2n) is 9.36. The zero-order chi connectivity index (χ0) is 27.1. The zero-order valence-electron chi connectivity index (χ0n) is 20.8. The predicted octanol–water partition coefficient (Wildman–Crippen LogP) is 3.77. The van der Waals surface area contributed by atoms with Crippen LogP contribution in [0.25, 0.3) is 5.69 Å². The summed E-state index contributed by atoms with van der Waals surface area (Å²) in [6.45, 7) is 7.23. The van der Waals surface area contributed by atoms with Crippen molar-refractivity contribution in [1.82, 2.24) is 19.4 Å². The van der Waals surface area contributed by atoms with Gasteiger partial charge in [-0.1, -0.05) is 11.6 Å². The number of pyridine rings is 3. The van der Waals surface area contributed by atoms with Gasteiger partial charge in [-0.15, -0.1) is 0 Å². The Morgan fingerprint density at radius 2 is 1.84 bits per heavy atom. The molecule has 0 aliphatic carbocycles. The summed E-state index contributed by atoms with van der Waals surface area (Å²) < 4.78 is 33.9. The maximum atomic E-state index is 13.9. The van der Waals surface area contributed by atoms with E-state index in [9.17, 15) is 23.5 Å². The highest BCUT2D eigenvalue weighted by Gasteiger charge is 2.39. The topological polar surface area (TPSA) is 101 Å². The van der Waals surface area contributed by atoms with Crippen LogP contribution in [0, 0.1) is 25.5 Å². The molecule has 1 N–H and O–H groups in total. The lowest BCUT2D eigenvalue weighted by atomic mass is 10.1. The molecule has 0 saturated carbocycles. The fourth-order valence-corrected chi connectivity index (χ4v) is 4.26. The Balaban J connectivity index is 1.66. The van der Waals surface area contributed by atoms with Gasteiger partial charge in [-0.2, -0.15) is 0 Å². The first kappa shape index (κ1) is 26.5. The SMILES string of the molecule is Cc1cnc(N2CCN(C(C)(C)CO)C2=O)cc1-n1c(C)cc(OCc2ncc(F)cc2F)c(Cl)c1=O. The summed E-state index contributed by atoms with van der Waals surface area (Å²) in [7, 11) is 0. The molecule has 1 aliphatic heterocycles. The molecule has 1 fully saturated rings. The summed E-state index contributed by atoms with van der Waals surface area (Å²) in [5.41, 5.74) is 0.147. The standard InChI is InChI=1S/C25H26ClF2N5O4/c1-14-10-30-21(31-5-6-32(24(31)36)25(3,4)13-34)9-19(14)33-15(2)7-20(22(26)23(33)35)37-12-18-17(28)8-16(27)11-29-18/h7-11,34H,5-6,12-13H2,1-4H3. The van der Waals surface area contributed by atoms with E-state index in [0.29, 0.717) is 41.9 Å². The van der Waals surface area contributed by atoms with Crippen molar-refractivity contribution in [3.63, 3.8) is 0 Å². The number of halogens is 3. The van der Waals surface area contributed by atoms with Gasteiger partial charge in [-0.3, -0.25) is 19.2 Å². The van der Waals surface area contributed by atoms with Crippen molar-refractivity contribution in [3.8, 4) is 11.4 Å². The van der Waals surface area contributed by atoms with E-state index >= 15 is 0 Å². The van der Waals surface area contributed by atoms with Crippen LogP contribution < -0.4 is 15.2 Å². The molecule has 12 heteroatoms. The molecule has 3 aromatic heterocycles. The van der Waals surface area contributed by atoms with Gasteiger partial charge in [0, 0.05) is 43.2 Å². The average molecular weight is 534 g/mol. The minimum atomic E-state index is -0.876. The lowest BCUT2D eigenvalue weighted by molar-refractivity contribution is 0.0977. The highest BCUT2D eigenvalue weighted by atomic mass is 35.5. The lowest BCUT2D eigenvalue weighted by Crippen LogP contribution is -2.49. The van der Waals surface area contributed by atoms with Gasteiger partial charge in [-0.25, -0.2) is 18.6 Å². The van der Waals surface area contributed by atoms with Gasteiger partial charge in [-0.05, 0) is 33.3 Å². The van der Waals surface area contributed by atoms with Crippen molar-refractivity contribution in [2.24, 2.45) is 0 Å². The van der Waals surface area contributed by atoms with Gasteiger partial charge >= 0.3 is 6.03 Å². The molecule has 9 nitrogen and oxygen atoms in total. The van der Waals surface area contributed by atoms with Crippen molar-refractivity contribution in [2.45, 2.75) is 39.8 Å². The molecule has 37 heavy (non-hydrogen) atoms. The third-order valence-corrected chi connectivity index (χ3v) is 6.60. The molecule has 0 radical (unpaired) electrons. The smallest absolute Gasteiger partial charge is 0.326 e. The van der Waals surface area contributed by atoms with E-state index in [-0.39, 0.29) is 35.7 Å². The van der Waals surface area contributed by atoms with Crippen LogP contribution in [0.4, 0.5) is 19.4 Å². The first-order valence-electron chi connectivity index (χ1n) is 11.5. The molecule has 196 valence electrons. The number of aryl methyl sites for hydroxylation is 2. The molecular formula is C25H26ClF2N5O4. The Labute approximate surface area is 216 Å². The van der Waals surface area contributed by atoms with E-state index in [0.717, 1.165) is 6.20 Å². The molecule has 0 atom stereocenters. The largest absolute Gasteiger partial charge is 0.485 e. The summed E-state index contributed by atoms with van der Waals surface area (Å²) in [6.07, 6.45) is 2.43. The molecule has 0 bridgehead atoms. The second kappa shape index (κ2) is 10.1. The first-order chi connectivity index (χ1) is 17.4. The van der Waals surface area contributed by atoms with Crippen molar-refractivity contribution < 1.29 is 23.4 Å². The van der Waals surface area contributed by atoms with E-state index in [1.54, 1.807) is 44.9 Å². The van der Waals surface area contributed by atoms with Gasteiger partial charge in [0.05, 0.1) is 24.0 Å². The molecule has 3 aromatic rings. The number of nitrogens with zero attached hydrogens (tertiary/aromatic N) is 5. The van der Waals surface area contributed by atoms with Crippen molar-refractivity contribution >= 4 is 23.4 Å². The van der Waals surface area contributed by atoms with Crippen LogP contribution in [0.1, 0.15) is 30.8 Å². The second-order valence-corrected chi connectivity index (χ2v) is 9.74. The quantitative estimate of drug-likeness (QED) is 0.496. The number of amides is 2. The number of rotatable bonds is 7. The average Bonchev–Trinajstić information content (AvgIpc) is 3.24. The molecule has 0 aromatic carbocycles. The number of carbonyl (C=O) groups is 1. The number of hydrogen-bond donors (Lipinski definition) is 1. The molecule has 0 spiro atoms. The summed E-state index contributed by atoms with van der Waals surface area (Å²) in [6, 6.07) is 3.55. The third-order valence-electron chi connectivity index (χ3n) is 6.25. The Hall–Kier alpha value is -3.57. The van der Waals surface area contributed by atoms with E-state index in [4.69, 9.17) is 16.3 Å². The minimum Gasteiger partial charge on any atom is -0.485 e. The zero-order valence-corrected chi connectivity index (χ0v) is 21.5. The first-order valence-corrected chi connectivity index (χ1v) is 11.8. The van der Waals surface area contributed by atoms with Gasteiger partial charge in [0.1, 0.15) is 34.7 Å². The number of aliphatic hydroxyl groups excluding tert-OH is 1. The molecule has 2 amide bonds. The Bertz CT molecular complexity index is 1430. The van der Waals surface area contributed by atoms with E-state index in [1.165, 1.54) is 15.5 Å². The van der Waals surface area contributed by atoms with Gasteiger partial charge in [0.25, 0.3) is 5.56 Å². The third kappa shape index (κ3) is 5.01. The number of aliphatic hydroxyl groups is 1. The Kier molecular flexibility index (Phi) is 7.20. The summed E-state index contributed by atoms with van der Waals surface area (Å²) >= 11 is 6.34. The minimum absolute atomic E-state index is 0.0227. The van der Waals surface area contributed by atoms with Gasteiger partial charge in [0.15, 0.2) is 5.82 Å². The van der Waals surface area contributed by atoms with Crippen LogP contribution in [0.3, 0.4) is 0 Å². The van der Waals surface area contributed by atoms with Gasteiger partial charge < -0.3 is 14.7 Å². The monoisotopic (exact) mass is 533 g/mol. The maximum Gasteiger partial charge on any atom is 0.326 e. The highest BCUT2D eigenvalue weighted by molar-refractivity contribution is 6.31. The summed E-state index contributed by atoms with van der Waals surface area (Å²) in [5, 5.41) is 9.43. The van der Waals surface area contributed by atoms with Crippen LogP contribution in [0.5, 0.6) is 5.75 Å². The predicted molar refractivity (Wildman–Crippen MR) is 133 cm³/mol. The Morgan fingerprint density at radius 3 is 2.51 bits per heavy atom. The lowest BCUT2D eigenvalue weighted by Gasteiger charge is -2.33. The molecule has 1 saturated heterocycles. The molecule has 1 aliphatic rings. The number of hydrogen-bond acceptors (Lipinski definition) is 6. The van der Waals surface area contributed by atoms with Crippen LogP contribution in [0.2, 0.25) is 5.02 Å². The number of urea groups is 1. The number of ether oxygens (including phenoxy) is 1. The molecular weight excluding hydrogens is 508 g/mol. The fraction of sp³-hybridized carbons (Fsp3) is 0.360. The summed E-state index contributed by atoms with van der Waals surface area (Å²) in [4.78, 5) is 37.5. The maximum absolute atomic E-state index is 13.9. The number of anilines is 1. The molecule has 0 unspecified atom stereocenters. The summed E-state index contributed by atoms with van der Waals surface area (Å²) in [5.74, 6) is -1.32.